The third-order valence-electron chi connectivity index (χ3n) is 3.95. The minimum absolute atomic E-state index is 0.0977. The zero-order valence-electron chi connectivity index (χ0n) is 12.6. The molecule has 1 aromatic rings. The van der Waals surface area contributed by atoms with E-state index in [2.05, 4.69) is 21.2 Å². The van der Waals surface area contributed by atoms with Crippen molar-refractivity contribution < 1.29 is 14.4 Å². The van der Waals surface area contributed by atoms with Crippen LogP contribution >= 0.6 is 15.9 Å². The SMILES string of the molecule is COCCNC1CCc2cc([N+](=O)[O-])cc(OCBr)c2CC1. The van der Waals surface area contributed by atoms with Crippen LogP contribution in [-0.4, -0.2) is 36.7 Å². The maximum absolute atomic E-state index is 11.1. The molecule has 0 spiro atoms. The molecule has 1 aliphatic rings. The third-order valence-corrected chi connectivity index (χ3v) is 4.18. The average molecular weight is 373 g/mol. The summed E-state index contributed by atoms with van der Waals surface area (Å²) in [6.45, 7) is 1.51. The highest BCUT2D eigenvalue weighted by molar-refractivity contribution is 9.09. The second kappa shape index (κ2) is 8.45. The first kappa shape index (κ1) is 17.2. The molecule has 0 fully saturated rings. The van der Waals surface area contributed by atoms with Gasteiger partial charge in [-0.25, -0.2) is 0 Å². The van der Waals surface area contributed by atoms with Crippen molar-refractivity contribution >= 4 is 21.6 Å². The lowest BCUT2D eigenvalue weighted by Gasteiger charge is -2.15. The van der Waals surface area contributed by atoms with Crippen LogP contribution in [0.2, 0.25) is 0 Å². The van der Waals surface area contributed by atoms with Gasteiger partial charge in [0.15, 0.2) is 0 Å². The van der Waals surface area contributed by atoms with E-state index in [0.717, 1.165) is 43.4 Å². The van der Waals surface area contributed by atoms with Gasteiger partial charge in [-0.15, -0.1) is 0 Å². The molecule has 0 heterocycles. The van der Waals surface area contributed by atoms with Gasteiger partial charge in [-0.3, -0.25) is 10.1 Å². The Bertz CT molecular complexity index is 525. The van der Waals surface area contributed by atoms with Gasteiger partial charge in [0.1, 0.15) is 11.3 Å². The number of hydrogen-bond donors (Lipinski definition) is 1. The molecule has 122 valence electrons. The minimum atomic E-state index is -0.361. The number of aryl methyl sites for hydroxylation is 1. The summed E-state index contributed by atoms with van der Waals surface area (Å²) in [4.78, 5) is 10.7. The molecule has 0 amide bonds. The molecule has 1 aromatic carbocycles. The highest BCUT2D eigenvalue weighted by Gasteiger charge is 2.22. The topological polar surface area (TPSA) is 73.6 Å². The number of methoxy groups -OCH3 is 1. The van der Waals surface area contributed by atoms with Crippen LogP contribution in [0, 0.1) is 10.1 Å². The molecule has 1 unspecified atom stereocenters. The van der Waals surface area contributed by atoms with Gasteiger partial charge < -0.3 is 14.8 Å². The number of benzene rings is 1. The van der Waals surface area contributed by atoms with Crippen molar-refractivity contribution in [2.75, 3.05) is 25.8 Å². The van der Waals surface area contributed by atoms with E-state index < -0.39 is 0 Å². The summed E-state index contributed by atoms with van der Waals surface area (Å²) in [6.07, 6.45) is 3.64. The average Bonchev–Trinajstić information content (AvgIpc) is 2.70. The quantitative estimate of drug-likeness (QED) is 0.262. The van der Waals surface area contributed by atoms with E-state index in [-0.39, 0.29) is 10.6 Å². The Morgan fingerprint density at radius 1 is 1.41 bits per heavy atom. The Morgan fingerprint density at radius 2 is 2.18 bits per heavy atom. The Balaban J connectivity index is 2.16. The number of non-ortho nitro benzene ring substituents is 1. The van der Waals surface area contributed by atoms with Crippen molar-refractivity contribution in [3.05, 3.63) is 33.4 Å². The lowest BCUT2D eigenvalue weighted by atomic mass is 10.0. The van der Waals surface area contributed by atoms with Gasteiger partial charge in [0.2, 0.25) is 0 Å². The fourth-order valence-electron chi connectivity index (χ4n) is 2.85. The van der Waals surface area contributed by atoms with Gasteiger partial charge in [-0.1, -0.05) is 0 Å². The molecule has 1 atom stereocenters. The van der Waals surface area contributed by atoms with Crippen molar-refractivity contribution in [3.8, 4) is 5.75 Å². The number of ether oxygens (including phenoxy) is 2. The number of fused-ring (bicyclic) bond motifs is 1. The molecule has 22 heavy (non-hydrogen) atoms. The van der Waals surface area contributed by atoms with E-state index in [1.54, 1.807) is 13.2 Å². The van der Waals surface area contributed by atoms with E-state index in [1.807, 2.05) is 0 Å². The normalized spacial score (nSPS) is 17.6. The molecule has 1 aliphatic carbocycles. The number of nitrogens with one attached hydrogen (secondary N) is 1. The van der Waals surface area contributed by atoms with Gasteiger partial charge in [-0.05, 0) is 52.7 Å². The summed E-state index contributed by atoms with van der Waals surface area (Å²) in [5.74, 6) is 0.624. The number of halogens is 1. The summed E-state index contributed by atoms with van der Waals surface area (Å²) in [5, 5.41) is 14.6. The van der Waals surface area contributed by atoms with E-state index in [9.17, 15) is 10.1 Å². The smallest absolute Gasteiger partial charge is 0.273 e. The van der Waals surface area contributed by atoms with E-state index in [4.69, 9.17) is 9.47 Å². The van der Waals surface area contributed by atoms with Gasteiger partial charge in [-0.2, -0.15) is 0 Å². The number of hydrogen-bond acceptors (Lipinski definition) is 5. The van der Waals surface area contributed by atoms with E-state index in [1.165, 1.54) is 6.07 Å². The van der Waals surface area contributed by atoms with Crippen LogP contribution in [0.15, 0.2) is 12.1 Å². The monoisotopic (exact) mass is 372 g/mol. The number of rotatable bonds is 7. The molecule has 2 rings (SSSR count). The molecular formula is C15H21BrN2O4. The summed E-state index contributed by atoms with van der Waals surface area (Å²) in [5.41, 5.74) is 2.55. The molecule has 0 saturated heterocycles. The minimum Gasteiger partial charge on any atom is -0.482 e. The van der Waals surface area contributed by atoms with Crippen LogP contribution in [0.25, 0.3) is 0 Å². The molecule has 1 N–H and O–H groups in total. The van der Waals surface area contributed by atoms with Crippen LogP contribution in [0.4, 0.5) is 5.69 Å². The first-order valence-corrected chi connectivity index (χ1v) is 8.49. The van der Waals surface area contributed by atoms with Crippen LogP contribution < -0.4 is 10.1 Å². The lowest BCUT2D eigenvalue weighted by Crippen LogP contribution is -2.32. The van der Waals surface area contributed by atoms with Gasteiger partial charge in [0, 0.05) is 25.8 Å². The number of nitro benzene ring substituents is 1. The second-order valence-corrected chi connectivity index (χ2v) is 5.77. The summed E-state index contributed by atoms with van der Waals surface area (Å²) >= 11 is 3.23. The van der Waals surface area contributed by atoms with E-state index >= 15 is 0 Å². The van der Waals surface area contributed by atoms with Crippen LogP contribution in [0.5, 0.6) is 5.75 Å². The first-order chi connectivity index (χ1) is 10.7. The highest BCUT2D eigenvalue weighted by atomic mass is 79.9. The number of nitrogens with zero attached hydrogens (tertiary/aromatic N) is 1. The zero-order chi connectivity index (χ0) is 15.9. The predicted octanol–water partition coefficient (Wildman–Crippen LogP) is 2.81. The lowest BCUT2D eigenvalue weighted by molar-refractivity contribution is -0.385. The second-order valence-electron chi connectivity index (χ2n) is 5.31. The molecule has 0 aromatic heterocycles. The maximum Gasteiger partial charge on any atom is 0.273 e. The summed E-state index contributed by atoms with van der Waals surface area (Å²) < 4.78 is 10.6. The van der Waals surface area contributed by atoms with Gasteiger partial charge in [0.05, 0.1) is 17.6 Å². The number of nitro groups is 1. The van der Waals surface area contributed by atoms with Crippen LogP contribution in [0.1, 0.15) is 24.0 Å². The van der Waals surface area contributed by atoms with Crippen molar-refractivity contribution in [1.29, 1.82) is 0 Å². The molecule has 6 nitrogen and oxygen atoms in total. The molecule has 0 aliphatic heterocycles. The predicted molar refractivity (Wildman–Crippen MR) is 87.8 cm³/mol. The first-order valence-electron chi connectivity index (χ1n) is 7.37. The Morgan fingerprint density at radius 3 is 2.86 bits per heavy atom. The molecule has 7 heteroatoms. The van der Waals surface area contributed by atoms with Gasteiger partial charge in [0.25, 0.3) is 5.69 Å². The van der Waals surface area contributed by atoms with Crippen molar-refractivity contribution in [2.45, 2.75) is 31.7 Å². The standard InChI is InChI=1S/C15H21BrN2O4/c1-21-7-6-17-12-3-2-11-8-13(18(19)20)9-15(22-10-16)14(11)5-4-12/h8-9,12,17H,2-7,10H2,1H3. The molecule has 0 bridgehead atoms. The number of alkyl halides is 1. The van der Waals surface area contributed by atoms with Crippen LogP contribution in [-0.2, 0) is 17.6 Å². The Labute approximate surface area is 138 Å². The summed E-state index contributed by atoms with van der Waals surface area (Å²) in [7, 11) is 1.69. The van der Waals surface area contributed by atoms with E-state index in [0.29, 0.717) is 23.9 Å². The zero-order valence-corrected chi connectivity index (χ0v) is 14.2. The largest absolute Gasteiger partial charge is 0.482 e. The van der Waals surface area contributed by atoms with Crippen LogP contribution in [0.3, 0.4) is 0 Å². The van der Waals surface area contributed by atoms with Crippen molar-refractivity contribution in [2.24, 2.45) is 0 Å². The fourth-order valence-corrected chi connectivity index (χ4v) is 3.10. The Kier molecular flexibility index (Phi) is 6.60. The van der Waals surface area contributed by atoms with Crippen molar-refractivity contribution in [3.63, 3.8) is 0 Å². The van der Waals surface area contributed by atoms with Crippen molar-refractivity contribution in [1.82, 2.24) is 5.32 Å². The third kappa shape index (κ3) is 4.41. The molecule has 0 saturated carbocycles. The fraction of sp³-hybridized carbons (Fsp3) is 0.600. The Hall–Kier alpha value is -1.18. The molecule has 0 radical (unpaired) electrons. The molecular weight excluding hydrogens is 352 g/mol. The van der Waals surface area contributed by atoms with Gasteiger partial charge >= 0.3 is 0 Å². The maximum atomic E-state index is 11.1. The highest BCUT2D eigenvalue weighted by Crippen LogP contribution is 2.33. The summed E-state index contributed by atoms with van der Waals surface area (Å²) in [6, 6.07) is 3.62.